The van der Waals surface area contributed by atoms with Gasteiger partial charge in [0.25, 0.3) is 0 Å². The van der Waals surface area contributed by atoms with E-state index in [0.717, 1.165) is 61.7 Å². The Balaban J connectivity index is 1.55. The van der Waals surface area contributed by atoms with E-state index in [9.17, 15) is 15.0 Å². The monoisotopic (exact) mass is 495 g/mol. The minimum Gasteiger partial charge on any atom is -0.490 e. The third-order valence-corrected chi connectivity index (χ3v) is 9.08. The van der Waals surface area contributed by atoms with Gasteiger partial charge in [-0.05, 0) is 91.3 Å². The Morgan fingerprint density at radius 1 is 1.31 bits per heavy atom. The zero-order chi connectivity index (χ0) is 24.8. The first-order chi connectivity index (χ1) is 16.8. The van der Waals surface area contributed by atoms with E-state index >= 15 is 0 Å². The predicted molar refractivity (Wildman–Crippen MR) is 139 cm³/mol. The van der Waals surface area contributed by atoms with Crippen LogP contribution in [-0.4, -0.2) is 42.0 Å². The number of aryl methyl sites for hydroxylation is 1. The minimum absolute atomic E-state index is 0.183. The van der Waals surface area contributed by atoms with Gasteiger partial charge in [-0.25, -0.2) is 4.79 Å². The molecule has 2 aromatic carbocycles. The lowest BCUT2D eigenvalue weighted by Gasteiger charge is -2.52. The van der Waals surface area contributed by atoms with E-state index < -0.39 is 12.1 Å². The zero-order valence-corrected chi connectivity index (χ0v) is 21.1. The highest BCUT2D eigenvalue weighted by molar-refractivity contribution is 6.30. The van der Waals surface area contributed by atoms with E-state index in [4.69, 9.17) is 16.3 Å². The lowest BCUT2D eigenvalue weighted by Crippen LogP contribution is -2.53. The van der Waals surface area contributed by atoms with Crippen LogP contribution < -0.4 is 9.64 Å². The minimum atomic E-state index is -0.945. The fraction of sp³-hybridized carbons (Fsp3) is 0.483. The van der Waals surface area contributed by atoms with Crippen molar-refractivity contribution in [2.24, 2.45) is 11.3 Å². The van der Waals surface area contributed by atoms with Crippen molar-refractivity contribution in [2.75, 3.05) is 24.6 Å². The van der Waals surface area contributed by atoms with Crippen molar-refractivity contribution >= 4 is 23.3 Å². The number of carboxylic acid groups (broad SMARTS) is 1. The van der Waals surface area contributed by atoms with E-state index in [1.54, 1.807) is 24.3 Å². The van der Waals surface area contributed by atoms with Crippen LogP contribution in [0.1, 0.15) is 60.5 Å². The summed E-state index contributed by atoms with van der Waals surface area (Å²) >= 11 is 6.34. The Labute approximate surface area is 212 Å². The van der Waals surface area contributed by atoms with Crippen LogP contribution in [0.25, 0.3) is 0 Å². The molecule has 1 heterocycles. The molecule has 5 rings (SSSR count). The summed E-state index contributed by atoms with van der Waals surface area (Å²) in [6, 6.07) is 11.4. The Morgan fingerprint density at radius 3 is 2.86 bits per heavy atom. The molecule has 3 aliphatic rings. The van der Waals surface area contributed by atoms with Crippen molar-refractivity contribution in [1.29, 1.82) is 0 Å². The van der Waals surface area contributed by atoms with Gasteiger partial charge in [-0.3, -0.25) is 0 Å². The number of fused-ring (bicyclic) bond motifs is 3. The summed E-state index contributed by atoms with van der Waals surface area (Å²) in [4.78, 5) is 14.1. The molecule has 0 radical (unpaired) electrons. The van der Waals surface area contributed by atoms with Crippen molar-refractivity contribution in [3.63, 3.8) is 0 Å². The lowest BCUT2D eigenvalue weighted by molar-refractivity contribution is -0.0695. The van der Waals surface area contributed by atoms with Gasteiger partial charge >= 0.3 is 5.97 Å². The number of ether oxygens (including phenoxy) is 1. The highest BCUT2D eigenvalue weighted by atomic mass is 35.5. The summed E-state index contributed by atoms with van der Waals surface area (Å²) in [6.07, 6.45) is 7.01. The topological polar surface area (TPSA) is 70.0 Å². The summed E-state index contributed by atoms with van der Waals surface area (Å²) in [5.74, 6) is 0.0714. The molecule has 2 aliphatic carbocycles. The molecule has 6 heteroatoms. The number of halogens is 1. The molecule has 0 aromatic heterocycles. The highest BCUT2D eigenvalue weighted by Gasteiger charge is 2.49. The molecule has 2 aromatic rings. The van der Waals surface area contributed by atoms with Gasteiger partial charge in [0.15, 0.2) is 0 Å². The van der Waals surface area contributed by atoms with Crippen LogP contribution in [0.3, 0.4) is 0 Å². The second kappa shape index (κ2) is 9.18. The number of aliphatic hydroxyl groups excluding tert-OH is 1. The van der Waals surface area contributed by atoms with Crippen molar-refractivity contribution in [3.05, 3.63) is 70.8 Å². The van der Waals surface area contributed by atoms with Gasteiger partial charge in [0, 0.05) is 23.5 Å². The van der Waals surface area contributed by atoms with Gasteiger partial charge in [-0.1, -0.05) is 30.7 Å². The molecule has 4 atom stereocenters. The molecule has 1 spiro atoms. The summed E-state index contributed by atoms with van der Waals surface area (Å²) in [7, 11) is 0. The van der Waals surface area contributed by atoms with E-state index in [1.807, 2.05) is 6.07 Å². The molecule has 0 saturated heterocycles. The first-order valence-corrected chi connectivity index (χ1v) is 13.0. The van der Waals surface area contributed by atoms with Crippen molar-refractivity contribution in [1.82, 2.24) is 0 Å². The number of hydrogen-bond donors (Lipinski definition) is 2. The van der Waals surface area contributed by atoms with Gasteiger partial charge in [-0.15, -0.1) is 6.58 Å². The number of hydrogen-bond acceptors (Lipinski definition) is 4. The van der Waals surface area contributed by atoms with Gasteiger partial charge in [0.05, 0.1) is 24.0 Å². The Bertz CT molecular complexity index is 1150. The van der Waals surface area contributed by atoms with Crippen molar-refractivity contribution in [3.8, 4) is 5.75 Å². The molecular formula is C29H34ClNO4. The molecule has 186 valence electrons. The Hall–Kier alpha value is -2.50. The summed E-state index contributed by atoms with van der Waals surface area (Å²) in [6.45, 7) is 8.01. The first-order valence-electron chi connectivity index (χ1n) is 12.6. The second-order valence-corrected chi connectivity index (χ2v) is 11.3. The number of carbonyl (C=O) groups is 1. The van der Waals surface area contributed by atoms with Gasteiger partial charge in [0.2, 0.25) is 0 Å². The Morgan fingerprint density at radius 2 is 2.14 bits per heavy atom. The highest BCUT2D eigenvalue weighted by Crippen LogP contribution is 2.52. The van der Waals surface area contributed by atoms with Crippen LogP contribution in [0.4, 0.5) is 5.69 Å². The van der Waals surface area contributed by atoms with Crippen LogP contribution in [0, 0.1) is 11.3 Å². The maximum atomic E-state index is 11.8. The van der Waals surface area contributed by atoms with Crippen molar-refractivity contribution in [2.45, 2.75) is 57.0 Å². The number of rotatable bonds is 6. The van der Waals surface area contributed by atoms with Crippen LogP contribution in [0.15, 0.2) is 49.1 Å². The second-order valence-electron chi connectivity index (χ2n) is 10.9. The molecule has 5 nitrogen and oxygen atoms in total. The smallest absolute Gasteiger partial charge is 0.335 e. The van der Waals surface area contributed by atoms with Gasteiger partial charge < -0.3 is 19.8 Å². The van der Waals surface area contributed by atoms with E-state index in [2.05, 4.69) is 30.5 Å². The molecular weight excluding hydrogens is 462 g/mol. The Kier molecular flexibility index (Phi) is 6.35. The summed E-state index contributed by atoms with van der Waals surface area (Å²) in [5, 5.41) is 21.3. The molecule has 1 fully saturated rings. The van der Waals surface area contributed by atoms with Gasteiger partial charge in [0.1, 0.15) is 5.75 Å². The normalized spacial score (nSPS) is 28.2. The van der Waals surface area contributed by atoms with Crippen molar-refractivity contribution < 1.29 is 19.7 Å². The third-order valence-electron chi connectivity index (χ3n) is 8.84. The molecule has 1 unspecified atom stereocenters. The van der Waals surface area contributed by atoms with E-state index in [-0.39, 0.29) is 16.4 Å². The third kappa shape index (κ3) is 4.23. The number of nitrogens with zero attached hydrogens (tertiary/aromatic N) is 1. The molecule has 0 amide bonds. The fourth-order valence-electron chi connectivity index (χ4n) is 6.48. The predicted octanol–water partition coefficient (Wildman–Crippen LogP) is 5.86. The SMILES string of the molecule is C=CC[C@@H](O)[C@]1(C)CC[C@H]1CN1CC2(CCCc3cc(Cl)ccc32)COc2ccc(C(=O)O)cc21. The number of anilines is 1. The van der Waals surface area contributed by atoms with Crippen LogP contribution >= 0.6 is 11.6 Å². The number of carboxylic acids is 1. The quantitative estimate of drug-likeness (QED) is 0.491. The summed E-state index contributed by atoms with van der Waals surface area (Å²) < 4.78 is 6.43. The molecule has 0 bridgehead atoms. The number of aliphatic hydroxyl groups is 1. The number of benzene rings is 2. The molecule has 1 saturated carbocycles. The zero-order valence-electron chi connectivity index (χ0n) is 20.3. The average molecular weight is 496 g/mol. The molecule has 1 aliphatic heterocycles. The van der Waals surface area contributed by atoms with E-state index in [1.165, 1.54) is 11.1 Å². The summed E-state index contributed by atoms with van der Waals surface area (Å²) in [5.41, 5.74) is 3.26. The van der Waals surface area contributed by atoms with Crippen LogP contribution in [0.5, 0.6) is 5.75 Å². The van der Waals surface area contributed by atoms with Crippen LogP contribution in [0.2, 0.25) is 5.02 Å². The molecule has 2 N–H and O–H groups in total. The fourth-order valence-corrected chi connectivity index (χ4v) is 6.68. The first kappa shape index (κ1) is 24.2. The maximum absolute atomic E-state index is 11.8. The average Bonchev–Trinajstić information content (AvgIpc) is 2.98. The van der Waals surface area contributed by atoms with E-state index in [0.29, 0.717) is 18.9 Å². The number of aromatic carboxylic acids is 1. The standard InChI is InChI=1S/C29H34ClNO4/c1-3-5-26(32)28(2)13-11-21(28)16-31-17-29(12-4-6-19-14-22(30)8-9-23(19)29)18-35-25-10-7-20(27(33)34)15-24(25)31/h3,7-10,14-15,21,26,32H,1,4-6,11-13,16-18H2,2H3,(H,33,34)/t21-,26+,28+,29?/m0/s1. The lowest BCUT2D eigenvalue weighted by atomic mass is 9.57. The molecule has 35 heavy (non-hydrogen) atoms. The van der Waals surface area contributed by atoms with Crippen LogP contribution in [-0.2, 0) is 11.8 Å². The van der Waals surface area contributed by atoms with Gasteiger partial charge in [-0.2, -0.15) is 0 Å². The maximum Gasteiger partial charge on any atom is 0.335 e. The largest absolute Gasteiger partial charge is 0.490 e.